The van der Waals surface area contributed by atoms with Crippen molar-refractivity contribution < 1.29 is 12.8 Å². The van der Waals surface area contributed by atoms with Gasteiger partial charge in [0.2, 0.25) is 0 Å². The van der Waals surface area contributed by atoms with E-state index in [2.05, 4.69) is 10.1 Å². The summed E-state index contributed by atoms with van der Waals surface area (Å²) in [6.07, 6.45) is 1.33. The topological polar surface area (TPSA) is 64.8 Å². The van der Waals surface area contributed by atoms with E-state index in [0.29, 0.717) is 5.82 Å². The summed E-state index contributed by atoms with van der Waals surface area (Å²) in [6.45, 7) is 3.78. The summed E-state index contributed by atoms with van der Waals surface area (Å²) in [5, 5.41) is 3.99. The molecule has 19 heavy (non-hydrogen) atoms. The predicted molar refractivity (Wildman–Crippen MR) is 67.7 cm³/mol. The van der Waals surface area contributed by atoms with Crippen molar-refractivity contribution in [3.05, 3.63) is 42.2 Å². The van der Waals surface area contributed by atoms with Crippen molar-refractivity contribution in [2.24, 2.45) is 0 Å². The van der Waals surface area contributed by atoms with E-state index in [-0.39, 0.29) is 16.7 Å². The number of halogens is 1. The smallest absolute Gasteiger partial charge is 0.185 e. The number of aromatic nitrogens is 3. The fourth-order valence-electron chi connectivity index (χ4n) is 1.70. The van der Waals surface area contributed by atoms with Gasteiger partial charge >= 0.3 is 0 Å². The van der Waals surface area contributed by atoms with Gasteiger partial charge in [-0.25, -0.2) is 22.5 Å². The maximum atomic E-state index is 12.8. The van der Waals surface area contributed by atoms with Crippen LogP contribution in [-0.2, 0) is 15.6 Å². The van der Waals surface area contributed by atoms with Crippen molar-refractivity contribution in [3.63, 3.8) is 0 Å². The first-order valence-corrected chi connectivity index (χ1v) is 7.42. The highest BCUT2D eigenvalue weighted by molar-refractivity contribution is 7.90. The second-order valence-electron chi connectivity index (χ2n) is 4.43. The van der Waals surface area contributed by atoms with E-state index in [1.807, 2.05) is 13.8 Å². The number of sulfone groups is 1. The van der Waals surface area contributed by atoms with Crippen LogP contribution in [0.1, 0.15) is 25.7 Å². The maximum Gasteiger partial charge on any atom is 0.185 e. The Morgan fingerprint density at radius 2 is 1.89 bits per heavy atom. The summed E-state index contributed by atoms with van der Waals surface area (Å²) in [6, 6.07) is 4.78. The van der Waals surface area contributed by atoms with E-state index in [1.165, 1.54) is 18.5 Å². The normalized spacial score (nSPS) is 12.0. The highest BCUT2D eigenvalue weighted by atomic mass is 32.2. The second kappa shape index (κ2) is 5.08. The quantitative estimate of drug-likeness (QED) is 0.805. The zero-order chi connectivity index (χ0) is 14.0. The first kappa shape index (κ1) is 13.7. The molecular formula is C12H14FN3O2S. The molecule has 0 unspecified atom stereocenters. The highest BCUT2D eigenvalue weighted by Crippen LogP contribution is 2.17. The van der Waals surface area contributed by atoms with Crippen LogP contribution in [-0.4, -0.2) is 23.2 Å². The van der Waals surface area contributed by atoms with E-state index in [0.717, 1.165) is 12.1 Å². The van der Waals surface area contributed by atoms with Crippen molar-refractivity contribution >= 4 is 9.84 Å². The highest BCUT2D eigenvalue weighted by Gasteiger charge is 2.20. The van der Waals surface area contributed by atoms with E-state index in [1.54, 1.807) is 4.68 Å². The molecule has 7 heteroatoms. The van der Waals surface area contributed by atoms with Crippen LogP contribution >= 0.6 is 0 Å². The molecule has 0 amide bonds. The largest absolute Gasteiger partial charge is 0.247 e. The van der Waals surface area contributed by atoms with Gasteiger partial charge in [-0.2, -0.15) is 5.10 Å². The lowest BCUT2D eigenvalue weighted by molar-refractivity contribution is 0.510. The first-order chi connectivity index (χ1) is 8.90. The number of rotatable bonds is 4. The molecular weight excluding hydrogens is 269 g/mol. The van der Waals surface area contributed by atoms with Crippen LogP contribution in [0.15, 0.2) is 35.5 Å². The summed E-state index contributed by atoms with van der Waals surface area (Å²) >= 11 is 0. The lowest BCUT2D eigenvalue weighted by Crippen LogP contribution is -2.13. The van der Waals surface area contributed by atoms with Gasteiger partial charge in [0.05, 0.1) is 4.90 Å². The zero-order valence-corrected chi connectivity index (χ0v) is 11.4. The predicted octanol–water partition coefficient (Wildman–Crippen LogP) is 1.97. The number of nitrogens with zero attached hydrogens (tertiary/aromatic N) is 3. The van der Waals surface area contributed by atoms with E-state index < -0.39 is 15.7 Å². The summed E-state index contributed by atoms with van der Waals surface area (Å²) in [5.74, 6) is -0.347. The fourth-order valence-corrected chi connectivity index (χ4v) is 2.97. The van der Waals surface area contributed by atoms with Crippen LogP contribution in [0.4, 0.5) is 4.39 Å². The van der Waals surface area contributed by atoms with Crippen molar-refractivity contribution in [1.29, 1.82) is 0 Å². The van der Waals surface area contributed by atoms with Gasteiger partial charge in [0.15, 0.2) is 9.84 Å². The third-order valence-corrected chi connectivity index (χ3v) is 4.26. The second-order valence-corrected chi connectivity index (χ2v) is 6.42. The average Bonchev–Trinajstić information content (AvgIpc) is 2.77. The lowest BCUT2D eigenvalue weighted by Gasteiger charge is -2.09. The Labute approximate surface area is 111 Å². The minimum Gasteiger partial charge on any atom is -0.247 e. The molecule has 0 bridgehead atoms. The van der Waals surface area contributed by atoms with Crippen molar-refractivity contribution in [2.75, 3.05) is 0 Å². The first-order valence-electron chi connectivity index (χ1n) is 5.77. The standard InChI is InChI=1S/C12H14FN3O2S/c1-9(2)16-12(14-8-15-16)7-19(17,18)11-5-3-10(13)4-6-11/h3-6,8-9H,7H2,1-2H3. The van der Waals surface area contributed by atoms with E-state index >= 15 is 0 Å². The SMILES string of the molecule is CC(C)n1ncnc1CS(=O)(=O)c1ccc(F)cc1. The minimum absolute atomic E-state index is 0.0286. The van der Waals surface area contributed by atoms with Gasteiger partial charge in [-0.05, 0) is 38.1 Å². The molecule has 0 aliphatic carbocycles. The number of hydrogen-bond donors (Lipinski definition) is 0. The Bertz CT molecular complexity index is 663. The molecule has 0 spiro atoms. The van der Waals surface area contributed by atoms with Gasteiger partial charge in [0.1, 0.15) is 23.7 Å². The molecule has 2 rings (SSSR count). The Hall–Kier alpha value is -1.76. The van der Waals surface area contributed by atoms with Crippen molar-refractivity contribution in [1.82, 2.24) is 14.8 Å². The molecule has 0 saturated heterocycles. The van der Waals surface area contributed by atoms with E-state index in [4.69, 9.17) is 0 Å². The number of benzene rings is 1. The summed E-state index contributed by atoms with van der Waals surface area (Å²) < 4.78 is 38.7. The molecule has 0 N–H and O–H groups in total. The third-order valence-electron chi connectivity index (χ3n) is 2.63. The van der Waals surface area contributed by atoms with Crippen molar-refractivity contribution in [3.8, 4) is 0 Å². The molecule has 0 atom stereocenters. The Morgan fingerprint density at radius 1 is 1.26 bits per heavy atom. The molecule has 0 aliphatic rings. The van der Waals surface area contributed by atoms with Crippen LogP contribution in [0, 0.1) is 5.82 Å². The summed E-state index contributed by atoms with van der Waals surface area (Å²) in [7, 11) is -3.55. The zero-order valence-electron chi connectivity index (χ0n) is 10.6. The van der Waals surface area contributed by atoms with Crippen LogP contribution in [0.3, 0.4) is 0 Å². The average molecular weight is 283 g/mol. The molecule has 0 saturated carbocycles. The van der Waals surface area contributed by atoms with E-state index in [9.17, 15) is 12.8 Å². The summed E-state index contributed by atoms with van der Waals surface area (Å²) in [5.41, 5.74) is 0. The minimum atomic E-state index is -3.55. The monoisotopic (exact) mass is 283 g/mol. The molecule has 1 aromatic heterocycles. The Kier molecular flexibility index (Phi) is 3.66. The Balaban J connectivity index is 2.31. The van der Waals surface area contributed by atoms with Gasteiger partial charge in [-0.15, -0.1) is 0 Å². The van der Waals surface area contributed by atoms with Gasteiger partial charge in [-0.3, -0.25) is 0 Å². The molecule has 2 aromatic rings. The lowest BCUT2D eigenvalue weighted by atomic mass is 10.4. The Morgan fingerprint density at radius 3 is 2.47 bits per heavy atom. The van der Waals surface area contributed by atoms with Crippen LogP contribution in [0.2, 0.25) is 0 Å². The maximum absolute atomic E-state index is 12.8. The molecule has 1 aromatic carbocycles. The molecule has 0 radical (unpaired) electrons. The molecule has 0 fully saturated rings. The van der Waals surface area contributed by atoms with Gasteiger partial charge in [0.25, 0.3) is 0 Å². The van der Waals surface area contributed by atoms with Crippen molar-refractivity contribution in [2.45, 2.75) is 30.5 Å². The summed E-state index contributed by atoms with van der Waals surface area (Å²) in [4.78, 5) is 4.04. The van der Waals surface area contributed by atoms with Crippen LogP contribution in [0.25, 0.3) is 0 Å². The third kappa shape index (κ3) is 2.98. The molecule has 1 heterocycles. The van der Waals surface area contributed by atoms with Crippen LogP contribution in [0.5, 0.6) is 0 Å². The molecule has 0 aliphatic heterocycles. The fraction of sp³-hybridized carbons (Fsp3) is 0.333. The molecule has 5 nitrogen and oxygen atoms in total. The van der Waals surface area contributed by atoms with Crippen LogP contribution < -0.4 is 0 Å². The molecule has 102 valence electrons. The van der Waals surface area contributed by atoms with Gasteiger partial charge in [0, 0.05) is 6.04 Å². The van der Waals surface area contributed by atoms with Gasteiger partial charge in [-0.1, -0.05) is 0 Å². The van der Waals surface area contributed by atoms with Gasteiger partial charge < -0.3 is 0 Å². The number of hydrogen-bond acceptors (Lipinski definition) is 4.